The average molecular weight is 462 g/mol. The van der Waals surface area contributed by atoms with E-state index in [2.05, 4.69) is 12.2 Å². The van der Waals surface area contributed by atoms with Crippen LogP contribution in [-0.2, 0) is 14.4 Å². The molecule has 0 aromatic rings. The second-order valence-corrected chi connectivity index (χ2v) is 8.09. The molecule has 0 aromatic heterocycles. The molecule has 174 valence electrons. The van der Waals surface area contributed by atoms with Crippen LogP contribution in [0.1, 0.15) is 122 Å². The molecule has 0 radical (unpaired) electrons. The van der Waals surface area contributed by atoms with Crippen LogP contribution < -0.4 is 5.32 Å². The van der Waals surface area contributed by atoms with E-state index in [4.69, 9.17) is 10.2 Å². The fourth-order valence-electron chi connectivity index (χ4n) is 3.45. The summed E-state index contributed by atoms with van der Waals surface area (Å²) in [6.07, 6.45) is 18.8. The van der Waals surface area contributed by atoms with Crippen LogP contribution in [0.15, 0.2) is 0 Å². The molecule has 0 saturated carbocycles. The van der Waals surface area contributed by atoms with Crippen molar-refractivity contribution >= 4 is 77.0 Å². The quantitative estimate of drug-likeness (QED) is 0.174. The molecule has 0 fully saturated rings. The van der Waals surface area contributed by atoms with Crippen molar-refractivity contribution in [1.29, 1.82) is 0 Å². The van der Waals surface area contributed by atoms with Gasteiger partial charge in [-0.25, -0.2) is 4.79 Å². The standard InChI is InChI=1S/C23H43NO5.2Na.2H/c1-2-3-4-5-6-7-8-9-10-11-12-13-14-15-16-17-21(25)24-20(23(28)29)18-19-22(26)27;;;;/h20H,2-19H2,1H3,(H,24,25)(H,26,27)(H,28,29);;;;. The zero-order valence-corrected chi connectivity index (χ0v) is 18.4. The van der Waals surface area contributed by atoms with Crippen molar-refractivity contribution < 1.29 is 24.6 Å². The van der Waals surface area contributed by atoms with Gasteiger partial charge in [-0.3, -0.25) is 9.59 Å². The molecule has 1 amide bonds. The number of carbonyl (C=O) groups excluding carboxylic acids is 1. The molecule has 0 heterocycles. The Kier molecular flexibility index (Phi) is 31.0. The number of amides is 1. The molecule has 31 heavy (non-hydrogen) atoms. The Morgan fingerprint density at radius 3 is 1.39 bits per heavy atom. The van der Waals surface area contributed by atoms with Gasteiger partial charge in [0.25, 0.3) is 0 Å². The summed E-state index contributed by atoms with van der Waals surface area (Å²) < 4.78 is 0. The molecule has 8 heteroatoms. The molecule has 0 aliphatic heterocycles. The molecule has 0 aliphatic rings. The molecule has 3 N–H and O–H groups in total. The Hall–Kier alpha value is 0.410. The first kappa shape index (κ1) is 36.0. The summed E-state index contributed by atoms with van der Waals surface area (Å²) in [5.74, 6) is -2.55. The topological polar surface area (TPSA) is 104 Å². The Morgan fingerprint density at radius 1 is 0.645 bits per heavy atom. The van der Waals surface area contributed by atoms with Crippen LogP contribution in [-0.4, -0.2) is 93.2 Å². The first-order valence-electron chi connectivity index (χ1n) is 11.7. The van der Waals surface area contributed by atoms with Gasteiger partial charge in [-0.15, -0.1) is 0 Å². The fourth-order valence-corrected chi connectivity index (χ4v) is 3.45. The Morgan fingerprint density at radius 2 is 1.03 bits per heavy atom. The Labute approximate surface area is 233 Å². The summed E-state index contributed by atoms with van der Waals surface area (Å²) in [5.41, 5.74) is 0. The number of nitrogens with one attached hydrogen (secondary N) is 1. The zero-order valence-electron chi connectivity index (χ0n) is 18.4. The van der Waals surface area contributed by atoms with Crippen LogP contribution >= 0.6 is 0 Å². The molecule has 1 atom stereocenters. The number of hydrogen-bond donors (Lipinski definition) is 3. The van der Waals surface area contributed by atoms with E-state index < -0.39 is 18.0 Å². The molecule has 0 bridgehead atoms. The molecule has 0 spiro atoms. The van der Waals surface area contributed by atoms with Gasteiger partial charge in [-0.1, -0.05) is 96.8 Å². The number of carboxylic acids is 2. The predicted molar refractivity (Wildman–Crippen MR) is 130 cm³/mol. The summed E-state index contributed by atoms with van der Waals surface area (Å²) >= 11 is 0. The van der Waals surface area contributed by atoms with Crippen LogP contribution in [0.25, 0.3) is 0 Å². The van der Waals surface area contributed by atoms with E-state index >= 15 is 0 Å². The van der Waals surface area contributed by atoms with Gasteiger partial charge in [0.2, 0.25) is 5.91 Å². The molecule has 0 saturated heterocycles. The van der Waals surface area contributed by atoms with Crippen molar-refractivity contribution in [3.05, 3.63) is 0 Å². The first-order valence-corrected chi connectivity index (χ1v) is 11.7. The van der Waals surface area contributed by atoms with E-state index in [9.17, 15) is 14.4 Å². The molecular weight excluding hydrogens is 416 g/mol. The van der Waals surface area contributed by atoms with Crippen LogP contribution in [0.5, 0.6) is 0 Å². The zero-order chi connectivity index (χ0) is 21.7. The van der Waals surface area contributed by atoms with Crippen molar-refractivity contribution in [2.75, 3.05) is 0 Å². The fraction of sp³-hybridized carbons (Fsp3) is 0.870. The van der Waals surface area contributed by atoms with E-state index in [0.717, 1.165) is 19.3 Å². The SMILES string of the molecule is CCCCCCCCCCCCCCCCCC(=O)NC(CCC(=O)O)C(=O)O.[NaH].[NaH]. The second kappa shape index (κ2) is 26.7. The van der Waals surface area contributed by atoms with Crippen molar-refractivity contribution in [2.45, 2.75) is 129 Å². The number of carboxylic acid groups (broad SMARTS) is 2. The number of hydrogen-bond acceptors (Lipinski definition) is 3. The van der Waals surface area contributed by atoms with E-state index in [1.165, 1.54) is 77.0 Å². The van der Waals surface area contributed by atoms with Crippen molar-refractivity contribution in [2.24, 2.45) is 0 Å². The van der Waals surface area contributed by atoms with Crippen LogP contribution in [0, 0.1) is 0 Å². The van der Waals surface area contributed by atoms with Crippen molar-refractivity contribution in [1.82, 2.24) is 5.32 Å². The summed E-state index contributed by atoms with van der Waals surface area (Å²) in [6, 6.07) is -1.12. The Bertz CT molecular complexity index is 450. The van der Waals surface area contributed by atoms with E-state index in [0.29, 0.717) is 6.42 Å². The molecule has 0 aliphatic carbocycles. The van der Waals surface area contributed by atoms with Crippen LogP contribution in [0.2, 0.25) is 0 Å². The van der Waals surface area contributed by atoms with Gasteiger partial charge in [-0.2, -0.15) is 0 Å². The first-order chi connectivity index (χ1) is 14.0. The van der Waals surface area contributed by atoms with Gasteiger partial charge < -0.3 is 15.5 Å². The molecule has 0 rings (SSSR count). The Balaban J connectivity index is -0.00000392. The van der Waals surface area contributed by atoms with Gasteiger partial charge in [0, 0.05) is 12.8 Å². The maximum absolute atomic E-state index is 11.8. The number of aliphatic carboxylic acids is 2. The minimum atomic E-state index is -1.18. The number of rotatable bonds is 21. The second-order valence-electron chi connectivity index (χ2n) is 8.09. The van der Waals surface area contributed by atoms with E-state index in [1.54, 1.807) is 0 Å². The summed E-state index contributed by atoms with van der Waals surface area (Å²) in [6.45, 7) is 2.25. The van der Waals surface area contributed by atoms with Gasteiger partial charge >= 0.3 is 71.1 Å². The minimum absolute atomic E-state index is 0. The van der Waals surface area contributed by atoms with Gasteiger partial charge in [0.1, 0.15) is 6.04 Å². The van der Waals surface area contributed by atoms with E-state index in [1.807, 2.05) is 0 Å². The van der Waals surface area contributed by atoms with Gasteiger partial charge in [0.15, 0.2) is 0 Å². The molecular formula is C23H45NNa2O5. The maximum atomic E-state index is 11.8. The third-order valence-corrected chi connectivity index (χ3v) is 5.29. The monoisotopic (exact) mass is 461 g/mol. The number of carbonyl (C=O) groups is 3. The van der Waals surface area contributed by atoms with Crippen LogP contribution in [0.3, 0.4) is 0 Å². The summed E-state index contributed by atoms with van der Waals surface area (Å²) in [7, 11) is 0. The molecule has 0 aromatic carbocycles. The molecule has 6 nitrogen and oxygen atoms in total. The third-order valence-electron chi connectivity index (χ3n) is 5.29. The van der Waals surface area contributed by atoms with Gasteiger partial charge in [-0.05, 0) is 12.8 Å². The van der Waals surface area contributed by atoms with Crippen molar-refractivity contribution in [3.63, 3.8) is 0 Å². The van der Waals surface area contributed by atoms with E-state index in [-0.39, 0.29) is 77.9 Å². The van der Waals surface area contributed by atoms with Gasteiger partial charge in [0.05, 0.1) is 0 Å². The average Bonchev–Trinajstić information content (AvgIpc) is 2.67. The third kappa shape index (κ3) is 26.5. The van der Waals surface area contributed by atoms with Crippen molar-refractivity contribution in [3.8, 4) is 0 Å². The molecule has 1 unspecified atom stereocenters. The number of unbranched alkanes of at least 4 members (excludes halogenated alkanes) is 14. The van der Waals surface area contributed by atoms with Crippen LogP contribution in [0.4, 0.5) is 0 Å². The normalized spacial score (nSPS) is 11.1. The predicted octanol–water partition coefficient (Wildman–Crippen LogP) is 4.39. The summed E-state index contributed by atoms with van der Waals surface area (Å²) in [5, 5.41) is 20.1. The summed E-state index contributed by atoms with van der Waals surface area (Å²) in [4.78, 5) is 33.4.